The Hall–Kier alpha value is -2.44. The number of carbonyl (C=O) groups is 1. The van der Waals surface area contributed by atoms with Gasteiger partial charge in [-0.3, -0.25) is 0 Å². The summed E-state index contributed by atoms with van der Waals surface area (Å²) in [5.41, 5.74) is 0.419. The van der Waals surface area contributed by atoms with Gasteiger partial charge in [0, 0.05) is 13.1 Å². The average Bonchev–Trinajstić information content (AvgIpc) is 2.83. The molecule has 0 atom stereocenters. The normalized spacial score (nSPS) is 10.2. The number of ether oxygens (including phenoxy) is 1. The number of anilines is 1. The minimum Gasteiger partial charge on any atom is -0.462 e. The Balaban J connectivity index is 1.93. The van der Waals surface area contributed by atoms with Crippen LogP contribution in [0.25, 0.3) is 0 Å². The Kier molecular flexibility index (Phi) is 4.07. The molecule has 1 N–H and O–H groups in total. The van der Waals surface area contributed by atoms with E-state index in [-0.39, 0.29) is 5.97 Å². The molecule has 0 amide bonds. The molecule has 0 spiro atoms. The van der Waals surface area contributed by atoms with E-state index in [0.717, 1.165) is 0 Å². The fourth-order valence-corrected chi connectivity index (χ4v) is 1.42. The van der Waals surface area contributed by atoms with E-state index in [4.69, 9.17) is 9.26 Å². The van der Waals surface area contributed by atoms with E-state index in [9.17, 15) is 4.79 Å². The van der Waals surface area contributed by atoms with Crippen molar-refractivity contribution in [1.82, 2.24) is 15.1 Å². The van der Waals surface area contributed by atoms with Crippen molar-refractivity contribution >= 4 is 11.8 Å². The van der Waals surface area contributed by atoms with E-state index in [1.807, 2.05) is 0 Å². The number of esters is 1. The van der Waals surface area contributed by atoms with Crippen LogP contribution < -0.4 is 5.32 Å². The van der Waals surface area contributed by atoms with Gasteiger partial charge in [-0.1, -0.05) is 5.16 Å². The van der Waals surface area contributed by atoms with Gasteiger partial charge in [-0.25, -0.2) is 9.78 Å². The van der Waals surface area contributed by atoms with Gasteiger partial charge in [0.1, 0.15) is 5.82 Å². The Bertz CT molecular complexity index is 550. The maximum absolute atomic E-state index is 11.4. The van der Waals surface area contributed by atoms with Gasteiger partial charge in [0.25, 0.3) is 0 Å². The van der Waals surface area contributed by atoms with Gasteiger partial charge in [0.2, 0.25) is 5.89 Å². The van der Waals surface area contributed by atoms with Crippen LogP contribution >= 0.6 is 0 Å². The Morgan fingerprint density at radius 2 is 2.32 bits per heavy atom. The van der Waals surface area contributed by atoms with Crippen LogP contribution in [-0.2, 0) is 11.3 Å². The van der Waals surface area contributed by atoms with E-state index in [1.54, 1.807) is 26.0 Å². The first-order valence-corrected chi connectivity index (χ1v) is 5.85. The molecule has 0 aliphatic heterocycles. The van der Waals surface area contributed by atoms with E-state index < -0.39 is 0 Å². The smallest absolute Gasteiger partial charge is 0.339 e. The third-order valence-corrected chi connectivity index (χ3v) is 2.27. The highest BCUT2D eigenvalue weighted by atomic mass is 16.5. The van der Waals surface area contributed by atoms with Crippen LogP contribution in [-0.4, -0.2) is 27.7 Å². The number of aromatic nitrogens is 3. The second kappa shape index (κ2) is 5.94. The molecule has 0 aliphatic rings. The molecule has 2 rings (SSSR count). The second-order valence-electron chi connectivity index (χ2n) is 3.74. The summed E-state index contributed by atoms with van der Waals surface area (Å²) in [5.74, 6) is 1.31. The zero-order valence-corrected chi connectivity index (χ0v) is 10.7. The first kappa shape index (κ1) is 13.0. The molecule has 7 nitrogen and oxygen atoms in total. The standard InChI is InChI=1S/C12H14N4O3/c1-3-18-12(17)9-4-5-10(13-6-9)14-7-11-15-8(2)19-16-11/h4-6H,3,7H2,1-2H3,(H,13,14). The van der Waals surface area contributed by atoms with Gasteiger partial charge in [-0.15, -0.1) is 0 Å². The summed E-state index contributed by atoms with van der Waals surface area (Å²) in [6.45, 7) is 4.23. The van der Waals surface area contributed by atoms with Gasteiger partial charge >= 0.3 is 5.97 Å². The molecule has 0 aliphatic carbocycles. The molecule has 7 heteroatoms. The molecule has 0 saturated heterocycles. The minimum atomic E-state index is -0.379. The maximum Gasteiger partial charge on any atom is 0.339 e. The predicted octanol–water partition coefficient (Wildman–Crippen LogP) is 1.56. The number of aryl methyl sites for hydroxylation is 1. The lowest BCUT2D eigenvalue weighted by Crippen LogP contribution is -2.07. The summed E-state index contributed by atoms with van der Waals surface area (Å²) in [4.78, 5) is 19.6. The molecule has 0 unspecified atom stereocenters. The lowest BCUT2D eigenvalue weighted by molar-refractivity contribution is 0.0526. The average molecular weight is 262 g/mol. The highest BCUT2D eigenvalue weighted by Gasteiger charge is 2.07. The third kappa shape index (κ3) is 3.51. The molecule has 0 bridgehead atoms. The van der Waals surface area contributed by atoms with Gasteiger partial charge in [0.15, 0.2) is 5.82 Å². The van der Waals surface area contributed by atoms with Gasteiger partial charge in [-0.05, 0) is 19.1 Å². The van der Waals surface area contributed by atoms with Crippen LogP contribution in [0.15, 0.2) is 22.9 Å². The van der Waals surface area contributed by atoms with Gasteiger partial charge in [-0.2, -0.15) is 4.98 Å². The minimum absolute atomic E-state index is 0.343. The van der Waals surface area contributed by atoms with Crippen molar-refractivity contribution in [1.29, 1.82) is 0 Å². The number of hydrogen-bond acceptors (Lipinski definition) is 7. The molecular formula is C12H14N4O3. The largest absolute Gasteiger partial charge is 0.462 e. The van der Waals surface area contributed by atoms with Crippen LogP contribution in [0, 0.1) is 6.92 Å². The summed E-state index contributed by atoms with van der Waals surface area (Å²) in [5, 5.41) is 6.77. The quantitative estimate of drug-likeness (QED) is 0.817. The van der Waals surface area contributed by atoms with Crippen LogP contribution in [0.4, 0.5) is 5.82 Å². The Morgan fingerprint density at radius 3 is 2.89 bits per heavy atom. The van der Waals surface area contributed by atoms with Crippen LogP contribution in [0.5, 0.6) is 0 Å². The zero-order valence-electron chi connectivity index (χ0n) is 10.7. The third-order valence-electron chi connectivity index (χ3n) is 2.27. The van der Waals surface area contributed by atoms with Gasteiger partial charge in [0.05, 0.1) is 18.7 Å². The molecule has 0 aromatic carbocycles. The number of pyridine rings is 1. The van der Waals surface area contributed by atoms with Crippen molar-refractivity contribution in [2.24, 2.45) is 0 Å². The molecule has 0 saturated carbocycles. The van der Waals surface area contributed by atoms with Crippen LogP contribution in [0.1, 0.15) is 29.0 Å². The summed E-state index contributed by atoms with van der Waals surface area (Å²) >= 11 is 0. The fourth-order valence-electron chi connectivity index (χ4n) is 1.42. The summed E-state index contributed by atoms with van der Waals surface area (Å²) < 4.78 is 9.72. The monoisotopic (exact) mass is 262 g/mol. The van der Waals surface area contributed by atoms with E-state index in [2.05, 4.69) is 20.4 Å². The topological polar surface area (TPSA) is 90.1 Å². The molecule has 100 valence electrons. The summed E-state index contributed by atoms with van der Waals surface area (Å²) in [6.07, 6.45) is 1.46. The van der Waals surface area contributed by atoms with Crippen LogP contribution in [0.2, 0.25) is 0 Å². The van der Waals surface area contributed by atoms with E-state index >= 15 is 0 Å². The fraction of sp³-hybridized carbons (Fsp3) is 0.333. The Labute approximate surface area is 110 Å². The molecule has 2 aromatic heterocycles. The zero-order chi connectivity index (χ0) is 13.7. The Morgan fingerprint density at radius 1 is 1.47 bits per heavy atom. The number of carbonyl (C=O) groups excluding carboxylic acids is 1. The van der Waals surface area contributed by atoms with E-state index in [1.165, 1.54) is 6.20 Å². The van der Waals surface area contributed by atoms with E-state index in [0.29, 0.717) is 36.2 Å². The SMILES string of the molecule is CCOC(=O)c1ccc(NCc2noc(C)n2)nc1. The number of nitrogens with zero attached hydrogens (tertiary/aromatic N) is 3. The number of hydrogen-bond donors (Lipinski definition) is 1. The van der Waals surface area contributed by atoms with Crippen molar-refractivity contribution in [3.63, 3.8) is 0 Å². The van der Waals surface area contributed by atoms with Crippen molar-refractivity contribution in [2.75, 3.05) is 11.9 Å². The molecule has 0 fully saturated rings. The van der Waals surface area contributed by atoms with Crippen molar-refractivity contribution in [3.8, 4) is 0 Å². The first-order valence-electron chi connectivity index (χ1n) is 5.85. The summed E-state index contributed by atoms with van der Waals surface area (Å²) in [7, 11) is 0. The summed E-state index contributed by atoms with van der Waals surface area (Å²) in [6, 6.07) is 3.34. The highest BCUT2D eigenvalue weighted by Crippen LogP contribution is 2.07. The lowest BCUT2D eigenvalue weighted by Gasteiger charge is -2.04. The van der Waals surface area contributed by atoms with Crippen molar-refractivity contribution < 1.29 is 14.1 Å². The molecule has 19 heavy (non-hydrogen) atoms. The predicted molar refractivity (Wildman–Crippen MR) is 66.6 cm³/mol. The molecule has 2 heterocycles. The van der Waals surface area contributed by atoms with Crippen LogP contribution in [0.3, 0.4) is 0 Å². The lowest BCUT2D eigenvalue weighted by atomic mass is 10.3. The maximum atomic E-state index is 11.4. The second-order valence-corrected chi connectivity index (χ2v) is 3.74. The van der Waals surface area contributed by atoms with Crippen molar-refractivity contribution in [3.05, 3.63) is 35.6 Å². The van der Waals surface area contributed by atoms with Gasteiger partial charge < -0.3 is 14.6 Å². The molecular weight excluding hydrogens is 248 g/mol. The first-order chi connectivity index (χ1) is 9.19. The van der Waals surface area contributed by atoms with Crippen molar-refractivity contribution in [2.45, 2.75) is 20.4 Å². The highest BCUT2D eigenvalue weighted by molar-refractivity contribution is 5.89. The molecule has 2 aromatic rings. The number of nitrogens with one attached hydrogen (secondary N) is 1. The molecule has 0 radical (unpaired) electrons. The number of rotatable bonds is 5.